The number of aliphatic hydroxyl groups excluding tert-OH is 2. The molecule has 0 spiro atoms. The Hall–Kier alpha value is -0.580. The first-order valence-corrected chi connectivity index (χ1v) is 10.9. The first kappa shape index (κ1) is 24.1. The molecular weight excluding hydrogens is 392 g/mol. The molecule has 4 aliphatic rings. The highest BCUT2D eigenvalue weighted by Crippen LogP contribution is 2.42. The number of aliphatic hydroxyl groups is 2. The summed E-state index contributed by atoms with van der Waals surface area (Å²) in [7, 11) is 0. The van der Waals surface area contributed by atoms with Crippen LogP contribution in [0.5, 0.6) is 0 Å². The summed E-state index contributed by atoms with van der Waals surface area (Å²) in [6.07, 6.45) is 1.96. The van der Waals surface area contributed by atoms with Gasteiger partial charge in [0.1, 0.15) is 12.2 Å². The maximum Gasteiger partial charge on any atom is 0.187 e. The van der Waals surface area contributed by atoms with Gasteiger partial charge < -0.3 is 38.6 Å². The molecule has 0 radical (unpaired) electrons. The molecule has 0 aliphatic carbocycles. The van der Waals surface area contributed by atoms with Crippen LogP contribution in [0.2, 0.25) is 0 Å². The third kappa shape index (κ3) is 5.24. The van der Waals surface area contributed by atoms with Crippen LogP contribution in [-0.2, 0) is 28.4 Å². The van der Waals surface area contributed by atoms with Crippen molar-refractivity contribution in [3.8, 4) is 0 Å². The lowest BCUT2D eigenvalue weighted by Gasteiger charge is -2.24. The van der Waals surface area contributed by atoms with E-state index in [2.05, 4.69) is 13.5 Å². The zero-order chi connectivity index (χ0) is 22.3. The summed E-state index contributed by atoms with van der Waals surface area (Å²) in [6, 6.07) is 0. The van der Waals surface area contributed by atoms with Crippen molar-refractivity contribution in [3.05, 3.63) is 12.7 Å². The molecule has 4 heterocycles. The van der Waals surface area contributed by atoms with Crippen molar-refractivity contribution in [3.63, 3.8) is 0 Å². The summed E-state index contributed by atoms with van der Waals surface area (Å²) in [5, 5.41) is 18.2. The molecule has 0 aromatic rings. The first-order valence-electron chi connectivity index (χ1n) is 10.9. The molecule has 4 aliphatic heterocycles. The minimum Gasteiger partial charge on any atom is -0.394 e. The lowest BCUT2D eigenvalue weighted by Crippen LogP contribution is -2.31. The fraction of sp³-hybridized carbons (Fsp3) is 0.909. The highest BCUT2D eigenvalue weighted by atomic mass is 16.8. The Bertz CT molecular complexity index is 594. The van der Waals surface area contributed by atoms with Crippen LogP contribution in [0.25, 0.3) is 0 Å². The summed E-state index contributed by atoms with van der Waals surface area (Å²) in [5.74, 6) is -0.555. The fourth-order valence-electron chi connectivity index (χ4n) is 4.50. The van der Waals surface area contributed by atoms with Gasteiger partial charge in [0.2, 0.25) is 0 Å². The van der Waals surface area contributed by atoms with Crippen LogP contribution in [0.15, 0.2) is 12.7 Å². The molecular formula is C22H38O8. The second kappa shape index (κ2) is 9.11. The third-order valence-corrected chi connectivity index (χ3v) is 6.12. The second-order valence-electron chi connectivity index (χ2n) is 9.60. The predicted molar refractivity (Wildman–Crippen MR) is 108 cm³/mol. The van der Waals surface area contributed by atoms with E-state index in [1.165, 1.54) is 0 Å². The average Bonchev–Trinajstić information content (AvgIpc) is 3.29. The van der Waals surface area contributed by atoms with Gasteiger partial charge in [0.25, 0.3) is 0 Å². The van der Waals surface area contributed by atoms with Gasteiger partial charge in [-0.15, -0.1) is 6.58 Å². The number of hydrogen-bond donors (Lipinski definition) is 2. The van der Waals surface area contributed by atoms with Crippen LogP contribution in [-0.4, -0.2) is 71.5 Å². The van der Waals surface area contributed by atoms with Gasteiger partial charge in [0.05, 0.1) is 24.9 Å². The zero-order valence-corrected chi connectivity index (χ0v) is 18.9. The SMILES string of the molecule is C=CC[C@H]1O[C@@H]2OC(C)(C)OC2[C@H]1C.C[C@@H]1C2OC(C)(C)O[C@H]2O[C@@H]1CC(O)CO. The lowest BCUT2D eigenvalue weighted by atomic mass is 9.96. The first-order chi connectivity index (χ1) is 14.0. The van der Waals surface area contributed by atoms with Crippen LogP contribution in [0.4, 0.5) is 0 Å². The van der Waals surface area contributed by atoms with E-state index in [-0.39, 0.29) is 49.5 Å². The molecule has 30 heavy (non-hydrogen) atoms. The Morgan fingerprint density at radius 3 is 1.77 bits per heavy atom. The molecule has 0 aromatic heterocycles. The summed E-state index contributed by atoms with van der Waals surface area (Å²) in [5.41, 5.74) is 0. The van der Waals surface area contributed by atoms with Crippen LogP contribution < -0.4 is 0 Å². The Labute approximate surface area is 179 Å². The molecule has 3 unspecified atom stereocenters. The molecule has 8 heteroatoms. The van der Waals surface area contributed by atoms with Crippen LogP contribution >= 0.6 is 0 Å². The van der Waals surface area contributed by atoms with Crippen LogP contribution in [0, 0.1) is 11.8 Å². The Morgan fingerprint density at radius 2 is 1.33 bits per heavy atom. The van der Waals surface area contributed by atoms with E-state index in [0.29, 0.717) is 12.3 Å². The lowest BCUT2D eigenvalue weighted by molar-refractivity contribution is -0.212. The van der Waals surface area contributed by atoms with Gasteiger partial charge in [-0.25, -0.2) is 0 Å². The molecule has 8 nitrogen and oxygen atoms in total. The standard InChI is InChI=1S/C11H20O5.C11H18O3/c1-6-8(4-7(13)5-12)14-10-9(6)15-11(2,3)16-10;1-5-6-8-7(2)9-10(12-8)14-11(3,4)13-9/h6-10,12-13H,4-5H2,1-3H3;5,7-10H,1,6H2,2-4H3/t6-,7?,8+,9?,10+;7-,8+,9?,10+/m00/s1. The van der Waals surface area contributed by atoms with E-state index in [0.717, 1.165) is 6.42 Å². The Balaban J connectivity index is 0.000000172. The van der Waals surface area contributed by atoms with Gasteiger partial charge in [-0.2, -0.15) is 0 Å². The topological polar surface area (TPSA) is 95.8 Å². The maximum atomic E-state index is 9.39. The summed E-state index contributed by atoms with van der Waals surface area (Å²) < 4.78 is 34.2. The van der Waals surface area contributed by atoms with Crippen molar-refractivity contribution in [1.82, 2.24) is 0 Å². The minimum absolute atomic E-state index is 0.0779. The summed E-state index contributed by atoms with van der Waals surface area (Å²) in [4.78, 5) is 0. The van der Waals surface area contributed by atoms with Crippen molar-refractivity contribution < 1.29 is 38.6 Å². The number of rotatable bonds is 5. The Kier molecular flexibility index (Phi) is 7.31. The van der Waals surface area contributed by atoms with Gasteiger partial charge in [-0.3, -0.25) is 0 Å². The number of hydrogen-bond acceptors (Lipinski definition) is 8. The highest BCUT2D eigenvalue weighted by Gasteiger charge is 2.53. The van der Waals surface area contributed by atoms with Crippen molar-refractivity contribution in [2.45, 2.75) is 109 Å². The highest BCUT2D eigenvalue weighted by molar-refractivity contribution is 4.93. The molecule has 0 aromatic carbocycles. The van der Waals surface area contributed by atoms with Crippen molar-refractivity contribution in [1.29, 1.82) is 0 Å². The molecule has 4 fully saturated rings. The van der Waals surface area contributed by atoms with E-state index in [9.17, 15) is 5.11 Å². The van der Waals surface area contributed by atoms with Crippen LogP contribution in [0.3, 0.4) is 0 Å². The van der Waals surface area contributed by atoms with Gasteiger partial charge in [-0.1, -0.05) is 19.9 Å². The van der Waals surface area contributed by atoms with Gasteiger partial charge in [0, 0.05) is 18.3 Å². The van der Waals surface area contributed by atoms with E-state index in [1.54, 1.807) is 0 Å². The molecule has 174 valence electrons. The third-order valence-electron chi connectivity index (χ3n) is 6.12. The zero-order valence-electron chi connectivity index (χ0n) is 18.9. The summed E-state index contributed by atoms with van der Waals surface area (Å²) in [6.45, 7) is 15.2. The minimum atomic E-state index is -0.737. The number of fused-ring (bicyclic) bond motifs is 2. The van der Waals surface area contributed by atoms with Crippen molar-refractivity contribution in [2.24, 2.45) is 11.8 Å². The molecule has 0 bridgehead atoms. The quantitative estimate of drug-likeness (QED) is 0.642. The van der Waals surface area contributed by atoms with Gasteiger partial charge in [0.15, 0.2) is 24.2 Å². The van der Waals surface area contributed by atoms with Gasteiger partial charge >= 0.3 is 0 Å². The van der Waals surface area contributed by atoms with Crippen molar-refractivity contribution in [2.75, 3.05) is 6.61 Å². The fourth-order valence-corrected chi connectivity index (χ4v) is 4.50. The summed E-state index contributed by atoms with van der Waals surface area (Å²) >= 11 is 0. The largest absolute Gasteiger partial charge is 0.394 e. The molecule has 2 N–H and O–H groups in total. The monoisotopic (exact) mass is 430 g/mol. The molecule has 4 saturated heterocycles. The van der Waals surface area contributed by atoms with E-state index >= 15 is 0 Å². The molecule has 9 atom stereocenters. The second-order valence-corrected chi connectivity index (χ2v) is 9.60. The predicted octanol–water partition coefficient (Wildman–Crippen LogP) is 2.32. The van der Waals surface area contributed by atoms with Crippen LogP contribution in [0.1, 0.15) is 54.4 Å². The molecule has 0 amide bonds. The van der Waals surface area contributed by atoms with Gasteiger partial charge in [-0.05, 0) is 34.1 Å². The average molecular weight is 431 g/mol. The smallest absolute Gasteiger partial charge is 0.187 e. The normalized spacial score (nSPS) is 44.1. The van der Waals surface area contributed by atoms with Crippen molar-refractivity contribution >= 4 is 0 Å². The molecule has 0 saturated carbocycles. The molecule has 4 rings (SSSR count). The van der Waals surface area contributed by atoms with E-state index in [1.807, 2.05) is 40.7 Å². The van der Waals surface area contributed by atoms with E-state index < -0.39 is 17.7 Å². The Morgan fingerprint density at radius 1 is 0.867 bits per heavy atom. The van der Waals surface area contributed by atoms with E-state index in [4.69, 9.17) is 33.5 Å². The maximum absolute atomic E-state index is 9.39. The number of ether oxygens (including phenoxy) is 6.